The van der Waals surface area contributed by atoms with Crippen molar-refractivity contribution in [1.29, 1.82) is 0 Å². The van der Waals surface area contributed by atoms with E-state index in [-0.39, 0.29) is 0 Å². The monoisotopic (exact) mass is 186 g/mol. The lowest BCUT2D eigenvalue weighted by molar-refractivity contribution is 0.248. The second-order valence-corrected chi connectivity index (χ2v) is 2.37. The van der Waals surface area contributed by atoms with Gasteiger partial charge in [0.15, 0.2) is 5.90 Å². The van der Waals surface area contributed by atoms with Crippen LogP contribution >= 0.6 is 0 Å². The van der Waals surface area contributed by atoms with Gasteiger partial charge in [0.1, 0.15) is 0 Å². The van der Waals surface area contributed by atoms with Gasteiger partial charge in [0.2, 0.25) is 0 Å². The summed E-state index contributed by atoms with van der Waals surface area (Å²) in [4.78, 5) is 3.92. The van der Waals surface area contributed by atoms with Gasteiger partial charge in [-0.2, -0.15) is 0 Å². The Kier molecular flexibility index (Phi) is 8.34. The van der Waals surface area contributed by atoms with Gasteiger partial charge in [-0.3, -0.25) is 4.99 Å². The summed E-state index contributed by atoms with van der Waals surface area (Å²) in [6.07, 6.45) is 4.30. The molecule has 0 bridgehead atoms. The van der Waals surface area contributed by atoms with Crippen molar-refractivity contribution in [3.63, 3.8) is 0 Å². The first-order valence-electron chi connectivity index (χ1n) is 4.26. The van der Waals surface area contributed by atoms with Crippen LogP contribution in [-0.2, 0) is 9.47 Å². The molecule has 0 saturated carbocycles. The second-order valence-electron chi connectivity index (χ2n) is 2.37. The molecule has 1 N–H and O–H groups in total. The van der Waals surface area contributed by atoms with Gasteiger partial charge in [-0.25, -0.2) is 0 Å². The molecule has 13 heavy (non-hydrogen) atoms. The SMILES string of the molecule is CN=C(CCO/C=C/CNC)OC. The minimum atomic E-state index is 0.598. The number of rotatable bonds is 6. The summed E-state index contributed by atoms with van der Waals surface area (Å²) in [5.41, 5.74) is 0. The van der Waals surface area contributed by atoms with Gasteiger partial charge in [-0.1, -0.05) is 0 Å². The Balaban J connectivity index is 3.34. The highest BCUT2D eigenvalue weighted by atomic mass is 16.5. The Morgan fingerprint density at radius 1 is 1.54 bits per heavy atom. The van der Waals surface area contributed by atoms with Crippen molar-refractivity contribution in [2.75, 3.05) is 34.4 Å². The fraction of sp³-hybridized carbons (Fsp3) is 0.667. The number of hydrogen-bond donors (Lipinski definition) is 1. The van der Waals surface area contributed by atoms with E-state index in [1.807, 2.05) is 13.1 Å². The molecule has 0 heterocycles. The molecule has 0 aromatic heterocycles. The Hall–Kier alpha value is -1.03. The van der Waals surface area contributed by atoms with E-state index in [1.165, 1.54) is 0 Å². The minimum Gasteiger partial charge on any atom is -0.501 e. The third-order valence-electron chi connectivity index (χ3n) is 1.43. The largest absolute Gasteiger partial charge is 0.501 e. The number of ether oxygens (including phenoxy) is 2. The molecule has 0 unspecified atom stereocenters. The van der Waals surface area contributed by atoms with Crippen molar-refractivity contribution in [2.45, 2.75) is 6.42 Å². The van der Waals surface area contributed by atoms with Gasteiger partial charge >= 0.3 is 0 Å². The predicted molar refractivity (Wildman–Crippen MR) is 54.0 cm³/mol. The quantitative estimate of drug-likeness (QED) is 0.289. The molecule has 0 aliphatic carbocycles. The van der Waals surface area contributed by atoms with Gasteiger partial charge in [0.25, 0.3) is 0 Å². The van der Waals surface area contributed by atoms with Crippen LogP contribution in [-0.4, -0.2) is 40.3 Å². The molecule has 0 atom stereocenters. The Bertz CT molecular complexity index is 167. The Morgan fingerprint density at radius 2 is 2.31 bits per heavy atom. The van der Waals surface area contributed by atoms with Crippen LogP contribution in [0.1, 0.15) is 6.42 Å². The Labute approximate surface area is 79.6 Å². The molecule has 0 saturated heterocycles. The van der Waals surface area contributed by atoms with E-state index in [0.717, 1.165) is 6.54 Å². The fourth-order valence-corrected chi connectivity index (χ4v) is 0.753. The lowest BCUT2D eigenvalue weighted by atomic mass is 10.4. The second kappa shape index (κ2) is 9.06. The number of methoxy groups -OCH3 is 1. The molecule has 0 rings (SSSR count). The summed E-state index contributed by atoms with van der Waals surface area (Å²) in [6.45, 7) is 1.42. The van der Waals surface area contributed by atoms with E-state index in [2.05, 4.69) is 10.3 Å². The van der Waals surface area contributed by atoms with Crippen LogP contribution in [0.2, 0.25) is 0 Å². The van der Waals surface area contributed by atoms with Crippen molar-refractivity contribution in [3.05, 3.63) is 12.3 Å². The molecule has 0 aliphatic heterocycles. The van der Waals surface area contributed by atoms with E-state index in [9.17, 15) is 0 Å². The third kappa shape index (κ3) is 7.33. The third-order valence-corrected chi connectivity index (χ3v) is 1.43. The summed E-state index contributed by atoms with van der Waals surface area (Å²) in [5, 5.41) is 2.97. The first-order valence-corrected chi connectivity index (χ1v) is 4.26. The zero-order valence-corrected chi connectivity index (χ0v) is 8.54. The summed E-state index contributed by atoms with van der Waals surface area (Å²) in [6, 6.07) is 0. The van der Waals surface area contributed by atoms with Gasteiger partial charge < -0.3 is 14.8 Å². The van der Waals surface area contributed by atoms with Crippen molar-refractivity contribution in [1.82, 2.24) is 5.32 Å². The standard InChI is InChI=1S/C9H18N2O2/c1-10-6-4-7-13-8-5-9(11-2)12-3/h4,7,10H,5-6,8H2,1-3H3/b7-4+,11-9?. The van der Waals surface area contributed by atoms with E-state index in [0.29, 0.717) is 18.9 Å². The zero-order chi connectivity index (χ0) is 9.94. The minimum absolute atomic E-state index is 0.598. The molecule has 0 aromatic rings. The fourth-order valence-electron chi connectivity index (χ4n) is 0.753. The zero-order valence-electron chi connectivity index (χ0n) is 8.54. The van der Waals surface area contributed by atoms with Gasteiger partial charge in [0.05, 0.1) is 26.4 Å². The maximum atomic E-state index is 5.19. The highest BCUT2D eigenvalue weighted by Gasteiger charge is 1.94. The topological polar surface area (TPSA) is 42.8 Å². The summed E-state index contributed by atoms with van der Waals surface area (Å²) < 4.78 is 10.1. The van der Waals surface area contributed by atoms with Crippen LogP contribution in [0.25, 0.3) is 0 Å². The van der Waals surface area contributed by atoms with Crippen LogP contribution in [0.4, 0.5) is 0 Å². The maximum absolute atomic E-state index is 5.19. The lowest BCUT2D eigenvalue weighted by Gasteiger charge is -2.03. The average Bonchev–Trinajstić information content (AvgIpc) is 2.17. The van der Waals surface area contributed by atoms with Gasteiger partial charge in [0, 0.05) is 13.6 Å². The highest BCUT2D eigenvalue weighted by molar-refractivity contribution is 5.75. The van der Waals surface area contributed by atoms with Crippen LogP contribution in [0.3, 0.4) is 0 Å². The summed E-state index contributed by atoms with van der Waals surface area (Å²) in [7, 11) is 5.20. The lowest BCUT2D eigenvalue weighted by Crippen LogP contribution is -2.06. The van der Waals surface area contributed by atoms with Crippen LogP contribution < -0.4 is 5.32 Å². The molecule has 0 fully saturated rings. The molecule has 0 aromatic carbocycles. The van der Waals surface area contributed by atoms with E-state index >= 15 is 0 Å². The van der Waals surface area contributed by atoms with Gasteiger partial charge in [-0.05, 0) is 13.1 Å². The Morgan fingerprint density at radius 3 is 2.85 bits per heavy atom. The molecule has 4 heteroatoms. The molecule has 0 spiro atoms. The molecule has 76 valence electrons. The average molecular weight is 186 g/mol. The van der Waals surface area contributed by atoms with Crippen LogP contribution in [0, 0.1) is 0 Å². The van der Waals surface area contributed by atoms with Crippen molar-refractivity contribution >= 4 is 5.90 Å². The molecular weight excluding hydrogens is 168 g/mol. The molecular formula is C9H18N2O2. The maximum Gasteiger partial charge on any atom is 0.186 e. The van der Waals surface area contributed by atoms with E-state index < -0.39 is 0 Å². The van der Waals surface area contributed by atoms with E-state index in [1.54, 1.807) is 20.4 Å². The number of nitrogens with one attached hydrogen (secondary N) is 1. The molecule has 0 radical (unpaired) electrons. The predicted octanol–water partition coefficient (Wildman–Crippen LogP) is 0.801. The van der Waals surface area contributed by atoms with Crippen molar-refractivity contribution in [2.24, 2.45) is 4.99 Å². The van der Waals surface area contributed by atoms with Crippen molar-refractivity contribution in [3.8, 4) is 0 Å². The molecule has 0 amide bonds. The smallest absolute Gasteiger partial charge is 0.186 e. The molecule has 4 nitrogen and oxygen atoms in total. The van der Waals surface area contributed by atoms with Crippen molar-refractivity contribution < 1.29 is 9.47 Å². The number of nitrogens with zero attached hydrogens (tertiary/aromatic N) is 1. The molecule has 0 aliphatic rings. The summed E-state index contributed by atoms with van der Waals surface area (Å²) >= 11 is 0. The normalized spacial score (nSPS) is 12.1. The number of aliphatic imine (C=N–C) groups is 1. The van der Waals surface area contributed by atoms with Gasteiger partial charge in [-0.15, -0.1) is 0 Å². The van der Waals surface area contributed by atoms with Crippen LogP contribution in [0.5, 0.6) is 0 Å². The number of likely N-dealkylation sites (N-methyl/N-ethyl adjacent to an activating group) is 1. The first kappa shape index (κ1) is 12.0. The van der Waals surface area contributed by atoms with Crippen LogP contribution in [0.15, 0.2) is 17.3 Å². The summed E-state index contributed by atoms with van der Waals surface area (Å²) in [5.74, 6) is 0.710. The first-order chi connectivity index (χ1) is 6.35. The number of hydrogen-bond acceptors (Lipinski definition) is 4. The highest BCUT2D eigenvalue weighted by Crippen LogP contribution is 1.89. The van der Waals surface area contributed by atoms with E-state index in [4.69, 9.17) is 9.47 Å².